The molecule has 2 aromatic rings. The van der Waals surface area contributed by atoms with Crippen LogP contribution in [0.2, 0.25) is 0 Å². The average molecular weight is 225 g/mol. The lowest BCUT2D eigenvalue weighted by Gasteiger charge is -2.06. The molecule has 0 amide bonds. The standard InChI is InChI=1S/C14H11NO2/c1-10-11-6-2-4-8-13(11)17-14-9-5-3-7-12(14)15(10)16/h2-9H,1H3. The number of rotatable bonds is 0. The molecule has 0 N–H and O–H groups in total. The zero-order valence-electron chi connectivity index (χ0n) is 9.38. The minimum Gasteiger partial charge on any atom is -0.618 e. The van der Waals surface area contributed by atoms with Crippen molar-refractivity contribution in [3.8, 4) is 11.5 Å². The largest absolute Gasteiger partial charge is 0.618 e. The monoisotopic (exact) mass is 225 g/mol. The van der Waals surface area contributed by atoms with Gasteiger partial charge in [-0.1, -0.05) is 24.3 Å². The number of fused-ring (bicyclic) bond motifs is 2. The highest BCUT2D eigenvalue weighted by atomic mass is 16.5. The first-order valence-electron chi connectivity index (χ1n) is 5.44. The summed E-state index contributed by atoms with van der Waals surface area (Å²) in [6.45, 7) is 1.80. The molecule has 2 aromatic carbocycles. The summed E-state index contributed by atoms with van der Waals surface area (Å²) >= 11 is 0. The molecule has 1 heterocycles. The Balaban J connectivity index is 2.33. The summed E-state index contributed by atoms with van der Waals surface area (Å²) in [6, 6.07) is 14.8. The zero-order valence-corrected chi connectivity index (χ0v) is 9.38. The molecule has 84 valence electrons. The Bertz CT molecular complexity index is 564. The van der Waals surface area contributed by atoms with Gasteiger partial charge in [0, 0.05) is 13.0 Å². The molecule has 0 saturated heterocycles. The number of benzene rings is 2. The average Bonchev–Trinajstić information content (AvgIpc) is 2.48. The fraction of sp³-hybridized carbons (Fsp3) is 0.0714. The Morgan fingerprint density at radius 3 is 2.41 bits per heavy atom. The van der Waals surface area contributed by atoms with Crippen molar-refractivity contribution in [2.75, 3.05) is 0 Å². The molecule has 0 unspecified atom stereocenters. The zero-order chi connectivity index (χ0) is 11.8. The molecule has 3 rings (SSSR count). The molecule has 0 saturated carbocycles. The molecule has 0 atom stereocenters. The van der Waals surface area contributed by atoms with Crippen LogP contribution in [0, 0.1) is 5.21 Å². The van der Waals surface area contributed by atoms with E-state index in [-0.39, 0.29) is 0 Å². The van der Waals surface area contributed by atoms with E-state index in [9.17, 15) is 5.21 Å². The fourth-order valence-corrected chi connectivity index (χ4v) is 1.97. The van der Waals surface area contributed by atoms with Crippen molar-refractivity contribution < 1.29 is 9.48 Å². The van der Waals surface area contributed by atoms with Crippen molar-refractivity contribution in [1.29, 1.82) is 0 Å². The van der Waals surface area contributed by atoms with Crippen LogP contribution in [-0.2, 0) is 0 Å². The van der Waals surface area contributed by atoms with E-state index < -0.39 is 0 Å². The van der Waals surface area contributed by atoms with E-state index >= 15 is 0 Å². The van der Waals surface area contributed by atoms with Crippen molar-refractivity contribution in [2.24, 2.45) is 0 Å². The van der Waals surface area contributed by atoms with Gasteiger partial charge in [0.2, 0.25) is 5.71 Å². The summed E-state index contributed by atoms with van der Waals surface area (Å²) in [4.78, 5) is 0. The smallest absolute Gasteiger partial charge is 0.259 e. The summed E-state index contributed by atoms with van der Waals surface area (Å²) in [6.07, 6.45) is 0. The summed E-state index contributed by atoms with van der Waals surface area (Å²) in [7, 11) is 0. The molecule has 0 bridgehead atoms. The van der Waals surface area contributed by atoms with Crippen LogP contribution in [0.1, 0.15) is 12.5 Å². The minimum atomic E-state index is 0.543. The number of hydrogen-bond acceptors (Lipinski definition) is 2. The third kappa shape index (κ3) is 1.47. The van der Waals surface area contributed by atoms with Gasteiger partial charge in [0.25, 0.3) is 5.69 Å². The van der Waals surface area contributed by atoms with Gasteiger partial charge in [0.05, 0.1) is 5.56 Å². The van der Waals surface area contributed by atoms with E-state index in [2.05, 4.69) is 0 Å². The second-order valence-corrected chi connectivity index (χ2v) is 3.95. The molecule has 0 radical (unpaired) electrons. The second-order valence-electron chi connectivity index (χ2n) is 3.95. The SMILES string of the molecule is CC1=[N+]([O-])c2ccccc2Oc2ccccc21. The number of hydrogen-bond donors (Lipinski definition) is 0. The van der Waals surface area contributed by atoms with E-state index in [0.29, 0.717) is 17.1 Å². The molecule has 0 aromatic heterocycles. The van der Waals surface area contributed by atoms with Gasteiger partial charge in [-0.05, 0) is 18.2 Å². The van der Waals surface area contributed by atoms with Crippen LogP contribution in [0.15, 0.2) is 48.5 Å². The number of nitrogens with zero attached hydrogens (tertiary/aromatic N) is 1. The van der Waals surface area contributed by atoms with Crippen molar-refractivity contribution in [1.82, 2.24) is 0 Å². The van der Waals surface area contributed by atoms with Gasteiger partial charge >= 0.3 is 0 Å². The van der Waals surface area contributed by atoms with Crippen molar-refractivity contribution >= 4 is 11.4 Å². The molecular formula is C14H11NO2. The first kappa shape index (κ1) is 9.90. The van der Waals surface area contributed by atoms with Gasteiger partial charge in [-0.25, -0.2) is 0 Å². The quantitative estimate of drug-likeness (QED) is 0.508. The maximum atomic E-state index is 12.2. The number of para-hydroxylation sites is 3. The molecule has 17 heavy (non-hydrogen) atoms. The van der Waals surface area contributed by atoms with Gasteiger partial charge in [-0.3, -0.25) is 0 Å². The van der Waals surface area contributed by atoms with Crippen LogP contribution in [0.3, 0.4) is 0 Å². The maximum Gasteiger partial charge on any atom is 0.259 e. The summed E-state index contributed by atoms with van der Waals surface area (Å²) in [5.41, 5.74) is 2.02. The Morgan fingerprint density at radius 2 is 1.59 bits per heavy atom. The predicted octanol–water partition coefficient (Wildman–Crippen LogP) is 3.44. The van der Waals surface area contributed by atoms with E-state index in [1.165, 1.54) is 0 Å². The van der Waals surface area contributed by atoms with E-state index in [0.717, 1.165) is 16.1 Å². The van der Waals surface area contributed by atoms with Crippen LogP contribution < -0.4 is 4.74 Å². The summed E-state index contributed by atoms with van der Waals surface area (Å²) < 4.78 is 6.70. The first-order valence-corrected chi connectivity index (χ1v) is 5.44. The van der Waals surface area contributed by atoms with Crippen molar-refractivity contribution in [3.05, 3.63) is 59.3 Å². The second kappa shape index (κ2) is 3.63. The van der Waals surface area contributed by atoms with Gasteiger partial charge in [0.15, 0.2) is 5.75 Å². The van der Waals surface area contributed by atoms with Gasteiger partial charge in [-0.2, -0.15) is 4.74 Å². The highest BCUT2D eigenvalue weighted by Crippen LogP contribution is 2.36. The molecule has 0 fully saturated rings. The Hall–Kier alpha value is -2.29. The molecule has 3 heteroatoms. The molecule has 1 aliphatic rings. The predicted molar refractivity (Wildman–Crippen MR) is 66.0 cm³/mol. The van der Waals surface area contributed by atoms with Crippen LogP contribution in [-0.4, -0.2) is 10.5 Å². The third-order valence-electron chi connectivity index (χ3n) is 2.89. The summed E-state index contributed by atoms with van der Waals surface area (Å²) in [5, 5.41) is 12.2. The molecule has 0 aliphatic carbocycles. The van der Waals surface area contributed by atoms with Crippen LogP contribution >= 0.6 is 0 Å². The normalized spacial score (nSPS) is 13.5. The van der Waals surface area contributed by atoms with Gasteiger partial charge in [0.1, 0.15) is 5.75 Å². The Kier molecular flexibility index (Phi) is 2.11. The maximum absolute atomic E-state index is 12.2. The lowest BCUT2D eigenvalue weighted by atomic mass is 10.1. The van der Waals surface area contributed by atoms with Crippen LogP contribution in [0.25, 0.3) is 0 Å². The van der Waals surface area contributed by atoms with Gasteiger partial charge < -0.3 is 9.94 Å². The van der Waals surface area contributed by atoms with Crippen molar-refractivity contribution in [2.45, 2.75) is 6.92 Å². The van der Waals surface area contributed by atoms with E-state index in [1.807, 2.05) is 36.4 Å². The third-order valence-corrected chi connectivity index (χ3v) is 2.89. The highest BCUT2D eigenvalue weighted by molar-refractivity contribution is 5.99. The van der Waals surface area contributed by atoms with Gasteiger partial charge in [-0.15, -0.1) is 0 Å². The van der Waals surface area contributed by atoms with Crippen molar-refractivity contribution in [3.63, 3.8) is 0 Å². The molecular weight excluding hydrogens is 214 g/mol. The van der Waals surface area contributed by atoms with E-state index in [1.54, 1.807) is 19.1 Å². The Labute approximate surface area is 99.2 Å². The highest BCUT2D eigenvalue weighted by Gasteiger charge is 2.23. The summed E-state index contributed by atoms with van der Waals surface area (Å²) in [5.74, 6) is 1.31. The topological polar surface area (TPSA) is 35.3 Å². The first-order chi connectivity index (χ1) is 8.27. The lowest BCUT2D eigenvalue weighted by molar-refractivity contribution is -0.360. The van der Waals surface area contributed by atoms with Crippen LogP contribution in [0.5, 0.6) is 11.5 Å². The fourth-order valence-electron chi connectivity index (χ4n) is 1.97. The van der Waals surface area contributed by atoms with Crippen LogP contribution in [0.4, 0.5) is 5.69 Å². The molecule has 0 spiro atoms. The minimum absolute atomic E-state index is 0.543. The molecule has 3 nitrogen and oxygen atoms in total. The van der Waals surface area contributed by atoms with E-state index in [4.69, 9.17) is 4.74 Å². The number of ether oxygens (including phenoxy) is 1. The molecule has 1 aliphatic heterocycles. The lowest BCUT2D eigenvalue weighted by Crippen LogP contribution is -2.07. The Morgan fingerprint density at radius 1 is 0.941 bits per heavy atom.